The first-order valence-electron chi connectivity index (χ1n) is 6.49. The largest absolute Gasteiger partial charge is 0.477 e. The second-order valence-electron chi connectivity index (χ2n) is 4.92. The summed E-state index contributed by atoms with van der Waals surface area (Å²) < 4.78 is 9.00. The number of aliphatic hydroxyl groups is 6. The van der Waals surface area contributed by atoms with Crippen molar-refractivity contribution in [2.75, 3.05) is 13.4 Å². The fraction of sp³-hybridized carbons (Fsp3) is 0.818. The first-order chi connectivity index (χ1) is 10.7. The topological polar surface area (TPSA) is 206 Å². The Bertz CT molecular complexity index is 432. The Hall–Kier alpha value is -1.54. The van der Waals surface area contributed by atoms with Crippen LogP contribution < -0.4 is 5.32 Å². The van der Waals surface area contributed by atoms with Crippen molar-refractivity contribution in [3.63, 3.8) is 0 Å². The Labute approximate surface area is 129 Å². The van der Waals surface area contributed by atoms with Gasteiger partial charge < -0.3 is 50.5 Å². The summed E-state index contributed by atoms with van der Waals surface area (Å²) >= 11 is 0. The van der Waals surface area contributed by atoms with Gasteiger partial charge in [-0.05, 0) is 0 Å². The molecular formula is C11H19NO11. The van der Waals surface area contributed by atoms with Gasteiger partial charge in [-0.2, -0.15) is 0 Å². The fourth-order valence-electron chi connectivity index (χ4n) is 2.14. The van der Waals surface area contributed by atoms with Gasteiger partial charge in [-0.1, -0.05) is 0 Å². The SMILES string of the molecule is O=C(N[C@@H]1[C@@H](O)C[C@@](O)(C(=O)O)O[C@H]1C(O)C(O)CO)OCO. The number of carboxylic acid groups (broad SMARTS) is 1. The highest BCUT2D eigenvalue weighted by molar-refractivity contribution is 5.75. The van der Waals surface area contributed by atoms with E-state index >= 15 is 0 Å². The molecular weight excluding hydrogens is 322 g/mol. The van der Waals surface area contributed by atoms with Gasteiger partial charge in [0.2, 0.25) is 0 Å². The van der Waals surface area contributed by atoms with Gasteiger partial charge >= 0.3 is 12.1 Å². The van der Waals surface area contributed by atoms with Gasteiger partial charge in [0, 0.05) is 6.42 Å². The maximum absolute atomic E-state index is 11.3. The quantitative estimate of drug-likeness (QED) is 0.217. The van der Waals surface area contributed by atoms with E-state index in [1.54, 1.807) is 0 Å². The van der Waals surface area contributed by atoms with Crippen LogP contribution in [0.3, 0.4) is 0 Å². The molecule has 6 atom stereocenters. The number of rotatable bonds is 6. The zero-order chi connectivity index (χ0) is 17.8. The van der Waals surface area contributed by atoms with E-state index < -0.39 is 68.1 Å². The van der Waals surface area contributed by atoms with Crippen LogP contribution in [-0.4, -0.2) is 97.5 Å². The lowest BCUT2D eigenvalue weighted by Gasteiger charge is -2.44. The van der Waals surface area contributed by atoms with Crippen LogP contribution in [0, 0.1) is 0 Å². The van der Waals surface area contributed by atoms with E-state index in [4.69, 9.17) is 20.1 Å². The van der Waals surface area contributed by atoms with Gasteiger partial charge in [-0.25, -0.2) is 9.59 Å². The standard InChI is InChI=1S/C11H19NO11/c13-2-5(16)7(17)8-6(12-10(20)22-3-14)4(15)1-11(21,23-8)9(18)19/h4-8,13-17,21H,1-3H2,(H,12,20)(H,18,19)/t4-,5?,6+,7?,8+,11-/m0/s1. The number of amides is 1. The van der Waals surface area contributed by atoms with Crippen LogP contribution in [0.5, 0.6) is 0 Å². The van der Waals surface area contributed by atoms with Gasteiger partial charge in [0.15, 0.2) is 6.79 Å². The minimum absolute atomic E-state index is 0.856. The van der Waals surface area contributed by atoms with Crippen molar-refractivity contribution < 1.29 is 54.8 Å². The smallest absolute Gasteiger partial charge is 0.409 e. The van der Waals surface area contributed by atoms with E-state index in [2.05, 4.69) is 4.74 Å². The monoisotopic (exact) mass is 341 g/mol. The summed E-state index contributed by atoms with van der Waals surface area (Å²) in [6.45, 7) is -1.92. The highest BCUT2D eigenvalue weighted by atomic mass is 16.7. The van der Waals surface area contributed by atoms with Crippen LogP contribution in [0.15, 0.2) is 0 Å². The van der Waals surface area contributed by atoms with E-state index in [9.17, 15) is 30.0 Å². The average Bonchev–Trinajstić information content (AvgIpc) is 2.48. The number of hydrogen-bond donors (Lipinski definition) is 8. The first-order valence-corrected chi connectivity index (χ1v) is 6.49. The average molecular weight is 341 g/mol. The molecule has 12 heteroatoms. The second-order valence-corrected chi connectivity index (χ2v) is 4.92. The molecule has 0 radical (unpaired) electrons. The summed E-state index contributed by atoms with van der Waals surface area (Å²) in [5.74, 6) is -4.73. The van der Waals surface area contributed by atoms with Gasteiger partial charge in [0.25, 0.3) is 5.79 Å². The van der Waals surface area contributed by atoms with Crippen molar-refractivity contribution in [2.24, 2.45) is 0 Å². The molecule has 1 fully saturated rings. The van der Waals surface area contributed by atoms with Crippen molar-refractivity contribution in [1.29, 1.82) is 0 Å². The third kappa shape index (κ3) is 4.48. The molecule has 1 amide bonds. The molecule has 134 valence electrons. The van der Waals surface area contributed by atoms with Crippen molar-refractivity contribution in [3.8, 4) is 0 Å². The molecule has 0 bridgehead atoms. The number of aliphatic carboxylic acids is 1. The Balaban J connectivity index is 3.04. The number of carbonyl (C=O) groups is 2. The van der Waals surface area contributed by atoms with Crippen molar-refractivity contribution >= 4 is 12.1 Å². The molecule has 2 unspecified atom stereocenters. The molecule has 1 rings (SSSR count). The predicted octanol–water partition coefficient (Wildman–Crippen LogP) is -4.33. The van der Waals surface area contributed by atoms with Gasteiger partial charge in [-0.3, -0.25) is 0 Å². The lowest BCUT2D eigenvalue weighted by atomic mass is 9.89. The number of hydrogen-bond acceptors (Lipinski definition) is 10. The summed E-state index contributed by atoms with van der Waals surface area (Å²) in [7, 11) is 0. The zero-order valence-electron chi connectivity index (χ0n) is 11.8. The fourth-order valence-corrected chi connectivity index (χ4v) is 2.14. The molecule has 0 saturated carbocycles. The summed E-state index contributed by atoms with van der Waals surface area (Å²) in [6, 6.07) is -1.50. The zero-order valence-corrected chi connectivity index (χ0v) is 11.8. The summed E-state index contributed by atoms with van der Waals surface area (Å²) in [4.78, 5) is 22.4. The molecule has 0 aromatic rings. The molecule has 1 saturated heterocycles. The minimum Gasteiger partial charge on any atom is -0.477 e. The lowest BCUT2D eigenvalue weighted by molar-refractivity contribution is -0.294. The van der Waals surface area contributed by atoms with Crippen molar-refractivity contribution in [3.05, 3.63) is 0 Å². The number of nitrogens with one attached hydrogen (secondary N) is 1. The molecule has 0 aliphatic carbocycles. The second kappa shape index (κ2) is 7.83. The van der Waals surface area contributed by atoms with Gasteiger partial charge in [0.05, 0.1) is 18.8 Å². The maximum atomic E-state index is 11.3. The van der Waals surface area contributed by atoms with E-state index in [1.165, 1.54) is 0 Å². The molecule has 23 heavy (non-hydrogen) atoms. The van der Waals surface area contributed by atoms with Gasteiger partial charge in [0.1, 0.15) is 18.3 Å². The van der Waals surface area contributed by atoms with Crippen LogP contribution >= 0.6 is 0 Å². The predicted molar refractivity (Wildman–Crippen MR) is 67.7 cm³/mol. The van der Waals surface area contributed by atoms with E-state index in [1.807, 2.05) is 5.32 Å². The Kier molecular flexibility index (Phi) is 6.64. The normalized spacial score (nSPS) is 33.6. The molecule has 12 nitrogen and oxygen atoms in total. The Morgan fingerprint density at radius 2 is 1.96 bits per heavy atom. The van der Waals surface area contributed by atoms with Crippen LogP contribution in [0.4, 0.5) is 4.79 Å². The Morgan fingerprint density at radius 3 is 2.43 bits per heavy atom. The molecule has 0 aromatic heterocycles. The molecule has 1 aliphatic heterocycles. The van der Waals surface area contributed by atoms with E-state index in [0.717, 1.165) is 0 Å². The van der Waals surface area contributed by atoms with Gasteiger partial charge in [-0.15, -0.1) is 0 Å². The first kappa shape index (κ1) is 19.5. The highest BCUT2D eigenvalue weighted by Crippen LogP contribution is 2.30. The van der Waals surface area contributed by atoms with Crippen molar-refractivity contribution in [2.45, 2.75) is 42.7 Å². The van der Waals surface area contributed by atoms with Crippen LogP contribution in [0.25, 0.3) is 0 Å². The third-order valence-corrected chi connectivity index (χ3v) is 3.32. The number of aliphatic hydroxyl groups excluding tert-OH is 5. The Morgan fingerprint density at radius 1 is 1.35 bits per heavy atom. The van der Waals surface area contributed by atoms with E-state index in [-0.39, 0.29) is 0 Å². The molecule has 0 spiro atoms. The molecule has 8 N–H and O–H groups in total. The third-order valence-electron chi connectivity index (χ3n) is 3.32. The lowest BCUT2D eigenvalue weighted by Crippen LogP contribution is -2.67. The highest BCUT2D eigenvalue weighted by Gasteiger charge is 2.54. The minimum atomic E-state index is -2.88. The summed E-state index contributed by atoms with van der Waals surface area (Å²) in [5.41, 5.74) is 0. The molecule has 1 heterocycles. The molecule has 0 aromatic carbocycles. The van der Waals surface area contributed by atoms with Crippen LogP contribution in [0.1, 0.15) is 6.42 Å². The maximum Gasteiger partial charge on any atom is 0.409 e. The van der Waals surface area contributed by atoms with Crippen LogP contribution in [0.2, 0.25) is 0 Å². The summed E-state index contributed by atoms with van der Waals surface area (Å²) in [5, 5.41) is 67.4. The molecule has 1 aliphatic rings. The summed E-state index contributed by atoms with van der Waals surface area (Å²) in [6.07, 6.45) is -9.35. The van der Waals surface area contributed by atoms with Crippen molar-refractivity contribution in [1.82, 2.24) is 5.32 Å². The number of carboxylic acids is 1. The number of carbonyl (C=O) groups excluding carboxylic acids is 1. The van der Waals surface area contributed by atoms with Crippen LogP contribution in [-0.2, 0) is 14.3 Å². The number of ether oxygens (including phenoxy) is 2. The number of alkyl carbamates (subject to hydrolysis) is 1. The van der Waals surface area contributed by atoms with E-state index in [0.29, 0.717) is 0 Å².